The van der Waals surface area contributed by atoms with Gasteiger partial charge in [-0.2, -0.15) is 0 Å². The van der Waals surface area contributed by atoms with E-state index < -0.39 is 0 Å². The fraction of sp³-hybridized carbons (Fsp3) is 0.421. The minimum absolute atomic E-state index is 0.00480. The Morgan fingerprint density at radius 3 is 2.57 bits per heavy atom. The molecule has 1 aromatic heterocycles. The first kappa shape index (κ1) is 17.3. The summed E-state index contributed by atoms with van der Waals surface area (Å²) in [6.45, 7) is 4.17. The molecule has 4 nitrogen and oxygen atoms in total. The van der Waals surface area contributed by atoms with Gasteiger partial charge in [0.05, 0.1) is 0 Å². The van der Waals surface area contributed by atoms with Crippen molar-refractivity contribution in [3.05, 3.63) is 48.2 Å². The monoisotopic (exact) mass is 315 g/mol. The minimum Gasteiger partial charge on any atom is -0.461 e. The molecular weight excluding hydrogens is 290 g/mol. The van der Waals surface area contributed by atoms with Crippen molar-refractivity contribution in [1.82, 2.24) is 5.32 Å². The largest absolute Gasteiger partial charge is 0.461 e. The van der Waals surface area contributed by atoms with Gasteiger partial charge in [0.15, 0.2) is 0 Å². The molecule has 0 saturated heterocycles. The molecule has 0 aliphatic heterocycles. The Morgan fingerprint density at radius 2 is 1.91 bits per heavy atom. The average molecular weight is 315 g/mol. The van der Waals surface area contributed by atoms with Gasteiger partial charge >= 0.3 is 0 Å². The average Bonchev–Trinajstić information content (AvgIpc) is 3.02. The van der Waals surface area contributed by atoms with Crippen LogP contribution in [0, 0.1) is 5.92 Å². The van der Waals surface area contributed by atoms with Gasteiger partial charge in [0.1, 0.15) is 11.5 Å². The number of benzene rings is 1. The molecule has 0 fully saturated rings. The Balaban J connectivity index is 1.86. The summed E-state index contributed by atoms with van der Waals surface area (Å²) in [5, 5.41) is 12.0. The molecule has 2 N–H and O–H groups in total. The highest BCUT2D eigenvalue weighted by Gasteiger charge is 2.16. The summed E-state index contributed by atoms with van der Waals surface area (Å²) in [4.78, 5) is 12.0. The fourth-order valence-corrected chi connectivity index (χ4v) is 2.50. The van der Waals surface area contributed by atoms with Crippen LogP contribution in [0.25, 0.3) is 11.3 Å². The van der Waals surface area contributed by atoms with Crippen LogP contribution in [0.2, 0.25) is 0 Å². The smallest absolute Gasteiger partial charge is 0.220 e. The number of hydrogen-bond donors (Lipinski definition) is 2. The second-order valence-electron chi connectivity index (χ2n) is 6.06. The Hall–Kier alpha value is -2.07. The van der Waals surface area contributed by atoms with Crippen LogP contribution in [0.4, 0.5) is 0 Å². The van der Waals surface area contributed by atoms with Crippen molar-refractivity contribution in [2.24, 2.45) is 5.92 Å². The summed E-state index contributed by atoms with van der Waals surface area (Å²) >= 11 is 0. The molecule has 2 aromatic rings. The van der Waals surface area contributed by atoms with Crippen LogP contribution in [0.1, 0.15) is 32.4 Å². The molecule has 1 atom stereocenters. The fourth-order valence-electron chi connectivity index (χ4n) is 2.50. The predicted molar refractivity (Wildman–Crippen MR) is 90.9 cm³/mol. The zero-order chi connectivity index (χ0) is 16.7. The number of aliphatic hydroxyl groups excluding tert-OH is 1. The summed E-state index contributed by atoms with van der Waals surface area (Å²) in [6.07, 6.45) is 1.54. The maximum absolute atomic E-state index is 12.0. The Kier molecular flexibility index (Phi) is 6.41. The van der Waals surface area contributed by atoms with Gasteiger partial charge in [-0.1, -0.05) is 44.2 Å². The molecule has 23 heavy (non-hydrogen) atoms. The molecule has 1 unspecified atom stereocenters. The highest BCUT2D eigenvalue weighted by atomic mass is 16.3. The zero-order valence-corrected chi connectivity index (χ0v) is 13.8. The van der Waals surface area contributed by atoms with Gasteiger partial charge in [0.2, 0.25) is 5.91 Å². The van der Waals surface area contributed by atoms with Crippen LogP contribution < -0.4 is 5.32 Å². The number of amides is 1. The standard InChI is InChI=1S/C19H25NO3/c1-14(2)17(12-13-21)20-19(22)11-9-16-8-10-18(23-16)15-6-4-3-5-7-15/h3-8,10,14,17,21H,9,11-13H2,1-2H3,(H,20,22). The van der Waals surface area contributed by atoms with E-state index in [0.717, 1.165) is 17.1 Å². The van der Waals surface area contributed by atoms with Gasteiger partial charge < -0.3 is 14.8 Å². The van der Waals surface area contributed by atoms with E-state index in [1.165, 1.54) is 0 Å². The first-order chi connectivity index (χ1) is 11.1. The van der Waals surface area contributed by atoms with Crippen molar-refractivity contribution >= 4 is 5.91 Å². The van der Waals surface area contributed by atoms with E-state index in [2.05, 4.69) is 5.32 Å². The SMILES string of the molecule is CC(C)C(CCO)NC(=O)CCc1ccc(-c2ccccc2)o1. The third-order valence-electron chi connectivity index (χ3n) is 3.91. The van der Waals surface area contributed by atoms with Gasteiger partial charge in [-0.25, -0.2) is 0 Å². The normalized spacial score (nSPS) is 12.3. The van der Waals surface area contributed by atoms with Crippen LogP contribution in [0.3, 0.4) is 0 Å². The number of aliphatic hydroxyl groups is 1. The molecule has 0 radical (unpaired) electrons. The molecule has 2 rings (SSSR count). The van der Waals surface area contributed by atoms with E-state index in [1.54, 1.807) is 0 Å². The summed E-state index contributed by atoms with van der Waals surface area (Å²) in [5.41, 5.74) is 1.03. The van der Waals surface area contributed by atoms with Gasteiger partial charge in [-0.05, 0) is 24.5 Å². The van der Waals surface area contributed by atoms with E-state index >= 15 is 0 Å². The molecule has 1 amide bonds. The third kappa shape index (κ3) is 5.25. The van der Waals surface area contributed by atoms with Gasteiger partial charge in [0.25, 0.3) is 0 Å². The van der Waals surface area contributed by atoms with Crippen molar-refractivity contribution in [3.63, 3.8) is 0 Å². The lowest BCUT2D eigenvalue weighted by molar-refractivity contribution is -0.122. The summed E-state index contributed by atoms with van der Waals surface area (Å²) in [5.74, 6) is 1.93. The number of furan rings is 1. The Labute approximate surface area is 137 Å². The first-order valence-corrected chi connectivity index (χ1v) is 8.14. The predicted octanol–water partition coefficient (Wildman–Crippen LogP) is 3.40. The number of carbonyl (C=O) groups is 1. The van der Waals surface area contributed by atoms with Crippen LogP contribution in [0.15, 0.2) is 46.9 Å². The summed E-state index contributed by atoms with van der Waals surface area (Å²) < 4.78 is 5.80. The molecular formula is C19H25NO3. The van der Waals surface area contributed by atoms with Crippen molar-refractivity contribution in [1.29, 1.82) is 0 Å². The van der Waals surface area contributed by atoms with Crippen molar-refractivity contribution in [2.45, 2.75) is 39.2 Å². The van der Waals surface area contributed by atoms with E-state index in [1.807, 2.05) is 56.3 Å². The van der Waals surface area contributed by atoms with Crippen molar-refractivity contribution < 1.29 is 14.3 Å². The van der Waals surface area contributed by atoms with Gasteiger partial charge in [-0.3, -0.25) is 4.79 Å². The highest BCUT2D eigenvalue weighted by Crippen LogP contribution is 2.22. The van der Waals surface area contributed by atoms with Crippen LogP contribution in [-0.2, 0) is 11.2 Å². The van der Waals surface area contributed by atoms with Gasteiger partial charge in [0, 0.05) is 31.1 Å². The second kappa shape index (κ2) is 8.53. The number of rotatable bonds is 8. The molecule has 1 heterocycles. The number of nitrogens with one attached hydrogen (secondary N) is 1. The third-order valence-corrected chi connectivity index (χ3v) is 3.91. The van der Waals surface area contributed by atoms with Crippen molar-refractivity contribution in [3.8, 4) is 11.3 Å². The highest BCUT2D eigenvalue weighted by molar-refractivity contribution is 5.76. The van der Waals surface area contributed by atoms with Crippen LogP contribution in [0.5, 0.6) is 0 Å². The Bertz CT molecular complexity index is 604. The maximum atomic E-state index is 12.0. The lowest BCUT2D eigenvalue weighted by Gasteiger charge is -2.21. The number of carbonyl (C=O) groups excluding carboxylic acids is 1. The van der Waals surface area contributed by atoms with E-state index in [0.29, 0.717) is 25.2 Å². The summed E-state index contributed by atoms with van der Waals surface area (Å²) in [7, 11) is 0. The minimum atomic E-state index is -0.00480. The van der Waals surface area contributed by atoms with E-state index in [-0.39, 0.29) is 18.6 Å². The van der Waals surface area contributed by atoms with Crippen LogP contribution in [-0.4, -0.2) is 23.7 Å². The van der Waals surface area contributed by atoms with Crippen molar-refractivity contribution in [2.75, 3.05) is 6.61 Å². The molecule has 1 aromatic carbocycles. The molecule has 0 spiro atoms. The second-order valence-corrected chi connectivity index (χ2v) is 6.06. The molecule has 0 aliphatic rings. The molecule has 0 bridgehead atoms. The number of hydrogen-bond acceptors (Lipinski definition) is 3. The lowest BCUT2D eigenvalue weighted by atomic mass is 10.0. The zero-order valence-electron chi connectivity index (χ0n) is 13.8. The topological polar surface area (TPSA) is 62.5 Å². The first-order valence-electron chi connectivity index (χ1n) is 8.14. The Morgan fingerprint density at radius 1 is 1.17 bits per heavy atom. The van der Waals surface area contributed by atoms with E-state index in [4.69, 9.17) is 9.52 Å². The lowest BCUT2D eigenvalue weighted by Crippen LogP contribution is -2.39. The maximum Gasteiger partial charge on any atom is 0.220 e. The molecule has 124 valence electrons. The van der Waals surface area contributed by atoms with E-state index in [9.17, 15) is 4.79 Å². The molecule has 4 heteroatoms. The molecule has 0 aliphatic carbocycles. The molecule has 0 saturated carbocycles. The van der Waals surface area contributed by atoms with Gasteiger partial charge in [-0.15, -0.1) is 0 Å². The van der Waals surface area contributed by atoms with Crippen LogP contribution >= 0.6 is 0 Å². The quantitative estimate of drug-likeness (QED) is 0.785. The summed E-state index contributed by atoms with van der Waals surface area (Å²) in [6, 6.07) is 13.8. The number of aryl methyl sites for hydroxylation is 1.